The van der Waals surface area contributed by atoms with E-state index in [9.17, 15) is 4.39 Å². The van der Waals surface area contributed by atoms with E-state index in [4.69, 9.17) is 9.47 Å². The van der Waals surface area contributed by atoms with Crippen LogP contribution in [0.15, 0.2) is 24.3 Å². The number of hydrogen-bond acceptors (Lipinski definition) is 3. The molecule has 122 valence electrons. The maximum atomic E-state index is 13.8. The van der Waals surface area contributed by atoms with Crippen LogP contribution in [0.4, 0.5) is 4.39 Å². The normalized spacial score (nSPS) is 26.6. The van der Waals surface area contributed by atoms with Crippen LogP contribution >= 0.6 is 0 Å². The first-order valence-electron chi connectivity index (χ1n) is 8.38. The van der Waals surface area contributed by atoms with E-state index in [0.717, 1.165) is 31.3 Å². The zero-order valence-corrected chi connectivity index (χ0v) is 13.3. The van der Waals surface area contributed by atoms with Crippen molar-refractivity contribution >= 4 is 0 Å². The van der Waals surface area contributed by atoms with E-state index in [0.29, 0.717) is 18.3 Å². The molecule has 3 atom stereocenters. The third-order valence-electron chi connectivity index (χ3n) is 4.95. The largest absolute Gasteiger partial charge is 0.485 e. The molecule has 1 N–H and O–H groups in total. The molecule has 2 fully saturated rings. The highest BCUT2D eigenvalue weighted by Crippen LogP contribution is 2.43. The van der Waals surface area contributed by atoms with E-state index in [2.05, 4.69) is 5.32 Å². The van der Waals surface area contributed by atoms with Gasteiger partial charge in [-0.2, -0.15) is 0 Å². The van der Waals surface area contributed by atoms with E-state index in [1.54, 1.807) is 25.3 Å². The minimum Gasteiger partial charge on any atom is -0.485 e. The third-order valence-corrected chi connectivity index (χ3v) is 4.95. The molecule has 1 aliphatic heterocycles. The highest BCUT2D eigenvalue weighted by atomic mass is 19.1. The fraction of sp³-hybridized carbons (Fsp3) is 0.667. The Morgan fingerprint density at radius 3 is 2.82 bits per heavy atom. The minimum atomic E-state index is -0.298. The number of nitrogens with one attached hydrogen (secondary N) is 1. The lowest BCUT2D eigenvalue weighted by atomic mass is 9.79. The summed E-state index contributed by atoms with van der Waals surface area (Å²) in [5, 5.41) is 3.52. The predicted molar refractivity (Wildman–Crippen MR) is 84.5 cm³/mol. The predicted octanol–water partition coefficient (Wildman–Crippen LogP) is 3.25. The van der Waals surface area contributed by atoms with E-state index in [1.165, 1.54) is 25.3 Å². The van der Waals surface area contributed by atoms with Crippen LogP contribution in [0.2, 0.25) is 0 Å². The molecule has 22 heavy (non-hydrogen) atoms. The molecule has 1 saturated heterocycles. The molecule has 0 aromatic heterocycles. The van der Waals surface area contributed by atoms with E-state index in [1.807, 2.05) is 0 Å². The molecule has 0 spiro atoms. The average Bonchev–Trinajstić information content (AvgIpc) is 3.35. The Kier molecular flexibility index (Phi) is 5.32. The van der Waals surface area contributed by atoms with Crippen LogP contribution in [0.5, 0.6) is 5.75 Å². The van der Waals surface area contributed by atoms with Gasteiger partial charge in [0.25, 0.3) is 0 Å². The first-order valence-corrected chi connectivity index (χ1v) is 8.38. The van der Waals surface area contributed by atoms with Gasteiger partial charge in [-0.1, -0.05) is 12.1 Å². The summed E-state index contributed by atoms with van der Waals surface area (Å²) in [6.45, 7) is 2.71. The van der Waals surface area contributed by atoms with Gasteiger partial charge in [-0.3, -0.25) is 0 Å². The van der Waals surface area contributed by atoms with Crippen molar-refractivity contribution < 1.29 is 13.9 Å². The van der Waals surface area contributed by atoms with E-state index in [-0.39, 0.29) is 11.9 Å². The molecule has 3 nitrogen and oxygen atoms in total. The van der Waals surface area contributed by atoms with Crippen molar-refractivity contribution in [3.8, 4) is 5.75 Å². The van der Waals surface area contributed by atoms with Crippen molar-refractivity contribution in [2.24, 2.45) is 17.8 Å². The van der Waals surface area contributed by atoms with Gasteiger partial charge in [0.15, 0.2) is 11.6 Å². The standard InChI is InChI=1S/C18H26FNO2/c1-21-12-15(22-18-5-3-2-4-17(18)19)10-14-8-9-20-11-16(14)13-6-7-13/h2-5,13-16,20H,6-12H2,1H3. The summed E-state index contributed by atoms with van der Waals surface area (Å²) >= 11 is 0. The maximum absolute atomic E-state index is 13.8. The van der Waals surface area contributed by atoms with Crippen LogP contribution in [0.3, 0.4) is 0 Å². The van der Waals surface area contributed by atoms with Crippen LogP contribution in [0, 0.1) is 23.6 Å². The monoisotopic (exact) mass is 307 g/mol. The number of methoxy groups -OCH3 is 1. The minimum absolute atomic E-state index is 0.0775. The fourth-order valence-electron chi connectivity index (χ4n) is 3.70. The number of piperidine rings is 1. The Bertz CT molecular complexity index is 478. The Morgan fingerprint density at radius 1 is 1.27 bits per heavy atom. The summed E-state index contributed by atoms with van der Waals surface area (Å²) in [5.74, 6) is 2.32. The lowest BCUT2D eigenvalue weighted by molar-refractivity contribution is 0.0471. The molecule has 3 unspecified atom stereocenters. The lowest BCUT2D eigenvalue weighted by Gasteiger charge is -2.34. The molecule has 1 heterocycles. The van der Waals surface area contributed by atoms with Gasteiger partial charge < -0.3 is 14.8 Å². The summed E-state index contributed by atoms with van der Waals surface area (Å²) < 4.78 is 25.0. The van der Waals surface area contributed by atoms with Crippen LogP contribution in [0.1, 0.15) is 25.7 Å². The Hall–Kier alpha value is -1.13. The first-order chi connectivity index (χ1) is 10.8. The number of halogens is 1. The Balaban J connectivity index is 1.64. The molecule has 2 aliphatic rings. The van der Waals surface area contributed by atoms with Gasteiger partial charge in [0.05, 0.1) is 6.61 Å². The van der Waals surface area contributed by atoms with Gasteiger partial charge in [-0.25, -0.2) is 4.39 Å². The summed E-state index contributed by atoms with van der Waals surface area (Å²) in [6.07, 6.45) is 4.79. The van der Waals surface area contributed by atoms with E-state index < -0.39 is 0 Å². The number of rotatable bonds is 7. The Morgan fingerprint density at radius 2 is 2.09 bits per heavy atom. The SMILES string of the molecule is COCC(CC1CCNCC1C1CC1)Oc1ccccc1F. The molecule has 4 heteroatoms. The molecule has 1 aromatic carbocycles. The Labute approximate surface area is 132 Å². The topological polar surface area (TPSA) is 30.5 Å². The lowest BCUT2D eigenvalue weighted by Crippen LogP contribution is -2.40. The van der Waals surface area contributed by atoms with Crippen LogP contribution in [0.25, 0.3) is 0 Å². The number of hydrogen-bond donors (Lipinski definition) is 1. The molecule has 3 rings (SSSR count). The molecule has 0 radical (unpaired) electrons. The molecule has 0 amide bonds. The highest BCUT2D eigenvalue weighted by molar-refractivity contribution is 5.23. The number of ether oxygens (including phenoxy) is 2. The zero-order valence-electron chi connectivity index (χ0n) is 13.3. The van der Waals surface area contributed by atoms with Crippen molar-refractivity contribution in [2.45, 2.75) is 31.8 Å². The third kappa shape index (κ3) is 3.99. The van der Waals surface area contributed by atoms with Gasteiger partial charge in [0, 0.05) is 7.11 Å². The van der Waals surface area contributed by atoms with Gasteiger partial charge in [-0.05, 0) is 68.7 Å². The van der Waals surface area contributed by atoms with E-state index >= 15 is 0 Å². The van der Waals surface area contributed by atoms with Gasteiger partial charge in [0.1, 0.15) is 6.10 Å². The molecular weight excluding hydrogens is 281 g/mol. The molecule has 1 aromatic rings. The average molecular weight is 307 g/mol. The first kappa shape index (κ1) is 15.8. The van der Waals surface area contributed by atoms with Gasteiger partial charge in [-0.15, -0.1) is 0 Å². The summed E-state index contributed by atoms with van der Waals surface area (Å²) in [6, 6.07) is 6.62. The highest BCUT2D eigenvalue weighted by Gasteiger charge is 2.38. The van der Waals surface area contributed by atoms with Crippen LogP contribution in [-0.2, 0) is 4.74 Å². The van der Waals surface area contributed by atoms with Crippen molar-refractivity contribution in [1.29, 1.82) is 0 Å². The molecular formula is C18H26FNO2. The molecule has 1 aliphatic carbocycles. The molecule has 0 bridgehead atoms. The van der Waals surface area contributed by atoms with Crippen molar-refractivity contribution in [3.05, 3.63) is 30.1 Å². The zero-order chi connectivity index (χ0) is 15.4. The van der Waals surface area contributed by atoms with Gasteiger partial charge >= 0.3 is 0 Å². The number of para-hydroxylation sites is 1. The second kappa shape index (κ2) is 7.42. The van der Waals surface area contributed by atoms with Crippen LogP contribution in [-0.4, -0.2) is 32.9 Å². The second-order valence-corrected chi connectivity index (χ2v) is 6.62. The number of benzene rings is 1. The van der Waals surface area contributed by atoms with Crippen LogP contribution < -0.4 is 10.1 Å². The van der Waals surface area contributed by atoms with Crippen molar-refractivity contribution in [1.82, 2.24) is 5.32 Å². The van der Waals surface area contributed by atoms with Crippen molar-refractivity contribution in [3.63, 3.8) is 0 Å². The second-order valence-electron chi connectivity index (χ2n) is 6.62. The van der Waals surface area contributed by atoms with Gasteiger partial charge in [0.2, 0.25) is 0 Å². The smallest absolute Gasteiger partial charge is 0.165 e. The summed E-state index contributed by atoms with van der Waals surface area (Å²) in [7, 11) is 1.68. The quantitative estimate of drug-likeness (QED) is 0.839. The maximum Gasteiger partial charge on any atom is 0.165 e. The summed E-state index contributed by atoms with van der Waals surface area (Å²) in [5.41, 5.74) is 0. The fourth-order valence-corrected chi connectivity index (χ4v) is 3.70. The molecule has 1 saturated carbocycles. The summed E-state index contributed by atoms with van der Waals surface area (Å²) in [4.78, 5) is 0. The van der Waals surface area contributed by atoms with Crippen molar-refractivity contribution in [2.75, 3.05) is 26.8 Å².